The fourth-order valence-electron chi connectivity index (χ4n) is 1.54. The second-order valence-electron chi connectivity index (χ2n) is 3.64. The van der Waals surface area contributed by atoms with Crippen LogP contribution in [-0.2, 0) is 3.02 Å². The van der Waals surface area contributed by atoms with E-state index in [0.717, 1.165) is 29.4 Å². The van der Waals surface area contributed by atoms with Crippen LogP contribution in [0.5, 0.6) is 0 Å². The van der Waals surface area contributed by atoms with Gasteiger partial charge in [-0.05, 0) is 0 Å². The average molecular weight is 687 g/mol. The summed E-state index contributed by atoms with van der Waals surface area (Å²) in [5.74, 6) is 0. The molecule has 2 rings (SSSR count). The molecule has 1 nitrogen and oxygen atoms in total. The number of hydrogen-bond donors (Lipinski definition) is 0. The Morgan fingerprint density at radius 3 is 1.58 bits per heavy atom. The van der Waals surface area contributed by atoms with Gasteiger partial charge in [0.05, 0.1) is 0 Å². The molecule has 0 aliphatic heterocycles. The van der Waals surface area contributed by atoms with Gasteiger partial charge in [0, 0.05) is 0 Å². The zero-order valence-corrected chi connectivity index (χ0v) is 20.0. The molecule has 0 aromatic heterocycles. The molecule has 0 saturated heterocycles. The van der Waals surface area contributed by atoms with Crippen LogP contribution in [0.15, 0.2) is 52.7 Å². The molecule has 0 bridgehead atoms. The van der Waals surface area contributed by atoms with Gasteiger partial charge in [0.25, 0.3) is 0 Å². The van der Waals surface area contributed by atoms with E-state index >= 15 is 0 Å². The Morgan fingerprint density at radius 2 is 1.11 bits per heavy atom. The van der Waals surface area contributed by atoms with Gasteiger partial charge in [0.2, 0.25) is 0 Å². The summed E-state index contributed by atoms with van der Waals surface area (Å²) in [5.41, 5.74) is 0. The summed E-state index contributed by atoms with van der Waals surface area (Å²) in [4.78, 5) is 0. The maximum absolute atomic E-state index is 12.9. The Labute approximate surface area is 160 Å². The molecular formula is C12H6Br5OSb. The van der Waals surface area contributed by atoms with Crippen LogP contribution in [0.3, 0.4) is 0 Å². The molecule has 0 N–H and O–H groups in total. The SMILES string of the molecule is [O]=[SbH]([c]1ccccc1)[c]1c(Br)c(Br)c(Br)c(Br)c1Br. The molecule has 0 aliphatic carbocycles. The van der Waals surface area contributed by atoms with E-state index in [2.05, 4.69) is 79.6 Å². The minimum atomic E-state index is -3.14. The van der Waals surface area contributed by atoms with Gasteiger partial charge in [0.15, 0.2) is 0 Å². The van der Waals surface area contributed by atoms with E-state index in [9.17, 15) is 3.02 Å². The van der Waals surface area contributed by atoms with Crippen molar-refractivity contribution < 1.29 is 3.02 Å². The van der Waals surface area contributed by atoms with Crippen LogP contribution in [0.25, 0.3) is 0 Å². The first-order chi connectivity index (χ1) is 8.95. The van der Waals surface area contributed by atoms with Crippen LogP contribution in [0.1, 0.15) is 0 Å². The number of rotatable bonds is 2. The van der Waals surface area contributed by atoms with Crippen molar-refractivity contribution in [2.45, 2.75) is 0 Å². The summed E-state index contributed by atoms with van der Waals surface area (Å²) in [6, 6.07) is 9.60. The maximum atomic E-state index is 12.9. The molecule has 2 aromatic rings. The van der Waals surface area contributed by atoms with Crippen LogP contribution >= 0.6 is 79.6 Å². The zero-order valence-electron chi connectivity index (χ0n) is 9.18. The molecular weight excluding hydrogens is 681 g/mol. The molecule has 0 aliphatic rings. The van der Waals surface area contributed by atoms with Crippen molar-refractivity contribution in [3.63, 3.8) is 0 Å². The first-order valence-corrected chi connectivity index (χ1v) is 13.0. The van der Waals surface area contributed by atoms with Crippen molar-refractivity contribution in [3.05, 3.63) is 52.7 Å². The van der Waals surface area contributed by atoms with Gasteiger partial charge in [-0.2, -0.15) is 0 Å². The summed E-state index contributed by atoms with van der Waals surface area (Å²) >= 11 is 14.4. The predicted octanol–water partition coefficient (Wildman–Crippen LogP) is 4.77. The molecule has 1 unspecified atom stereocenters. The van der Waals surface area contributed by atoms with Crippen molar-refractivity contribution in [1.29, 1.82) is 0 Å². The van der Waals surface area contributed by atoms with E-state index in [0.29, 0.717) is 0 Å². The van der Waals surface area contributed by atoms with E-state index < -0.39 is 20.2 Å². The third-order valence-electron chi connectivity index (χ3n) is 2.47. The van der Waals surface area contributed by atoms with Crippen LogP contribution in [0.4, 0.5) is 0 Å². The Morgan fingerprint density at radius 1 is 0.684 bits per heavy atom. The van der Waals surface area contributed by atoms with E-state index in [1.165, 1.54) is 0 Å². The normalized spacial score (nSPS) is 12.5. The minimum absolute atomic E-state index is 0.836. The molecule has 19 heavy (non-hydrogen) atoms. The summed E-state index contributed by atoms with van der Waals surface area (Å²) in [6.45, 7) is 0. The Bertz CT molecular complexity index is 628. The summed E-state index contributed by atoms with van der Waals surface area (Å²) in [5, 5.41) is 0. The van der Waals surface area contributed by atoms with Crippen molar-refractivity contribution in [1.82, 2.24) is 0 Å². The Balaban J connectivity index is 2.67. The Kier molecular flexibility index (Phi) is 6.33. The van der Waals surface area contributed by atoms with E-state index in [1.54, 1.807) is 0 Å². The fourth-order valence-corrected chi connectivity index (χ4v) is 12.1. The monoisotopic (exact) mass is 682 g/mol. The van der Waals surface area contributed by atoms with Gasteiger partial charge >= 0.3 is 163 Å². The first kappa shape index (κ1) is 16.8. The van der Waals surface area contributed by atoms with Crippen molar-refractivity contribution in [3.8, 4) is 0 Å². The molecule has 100 valence electrons. The first-order valence-electron chi connectivity index (χ1n) is 5.06. The quantitative estimate of drug-likeness (QED) is 0.253. The topological polar surface area (TPSA) is 17.1 Å². The van der Waals surface area contributed by atoms with Crippen LogP contribution in [-0.4, -0.2) is 20.2 Å². The van der Waals surface area contributed by atoms with E-state index in [1.807, 2.05) is 30.3 Å². The van der Waals surface area contributed by atoms with Crippen molar-refractivity contribution in [2.75, 3.05) is 0 Å². The van der Waals surface area contributed by atoms with Crippen LogP contribution < -0.4 is 7.02 Å². The second-order valence-corrected chi connectivity index (χ2v) is 12.6. The second kappa shape index (κ2) is 7.15. The van der Waals surface area contributed by atoms with Gasteiger partial charge in [-0.3, -0.25) is 0 Å². The van der Waals surface area contributed by atoms with Gasteiger partial charge in [-0.15, -0.1) is 0 Å². The predicted molar refractivity (Wildman–Crippen MR) is 98.5 cm³/mol. The van der Waals surface area contributed by atoms with E-state index in [-0.39, 0.29) is 0 Å². The standard InChI is InChI=1S/C6Br5.C6H5.O.Sb.H/c7-2-1-3(8)5(10)6(11)4(2)9;1-2-4-6-5-3-1;;;/h;1-5H;;;. The Hall–Kier alpha value is 1.46. The van der Waals surface area contributed by atoms with Crippen molar-refractivity contribution >= 4 is 107 Å². The summed E-state index contributed by atoms with van der Waals surface area (Å²) in [6.07, 6.45) is 0. The molecule has 1 atom stereocenters. The van der Waals surface area contributed by atoms with Gasteiger partial charge in [-0.25, -0.2) is 0 Å². The molecule has 0 spiro atoms. The number of halogens is 5. The third kappa shape index (κ3) is 3.45. The van der Waals surface area contributed by atoms with Crippen LogP contribution in [0.2, 0.25) is 0 Å². The van der Waals surface area contributed by atoms with Crippen molar-refractivity contribution in [2.24, 2.45) is 0 Å². The number of hydrogen-bond acceptors (Lipinski definition) is 1. The fraction of sp³-hybridized carbons (Fsp3) is 0. The summed E-state index contributed by atoms with van der Waals surface area (Å²) in [7, 11) is 0. The van der Waals surface area contributed by atoms with Crippen LogP contribution in [0, 0.1) is 0 Å². The molecule has 0 amide bonds. The molecule has 0 radical (unpaired) electrons. The van der Waals surface area contributed by atoms with E-state index in [4.69, 9.17) is 0 Å². The average Bonchev–Trinajstić information content (AvgIpc) is 2.44. The van der Waals surface area contributed by atoms with Gasteiger partial charge in [-0.1, -0.05) is 0 Å². The molecule has 2 aromatic carbocycles. The molecule has 7 heteroatoms. The molecule has 0 heterocycles. The molecule has 0 saturated carbocycles. The number of benzene rings is 2. The third-order valence-corrected chi connectivity index (χ3v) is 15.8. The van der Waals surface area contributed by atoms with Gasteiger partial charge < -0.3 is 0 Å². The zero-order chi connectivity index (χ0) is 14.2. The van der Waals surface area contributed by atoms with Gasteiger partial charge in [0.1, 0.15) is 0 Å². The molecule has 0 fully saturated rings. The summed E-state index contributed by atoms with van der Waals surface area (Å²) < 4.78 is 18.9.